The van der Waals surface area contributed by atoms with Gasteiger partial charge in [0.15, 0.2) is 0 Å². The Bertz CT molecular complexity index is 119. The van der Waals surface area contributed by atoms with E-state index >= 15 is 0 Å². The summed E-state index contributed by atoms with van der Waals surface area (Å²) in [7, 11) is 0. The van der Waals surface area contributed by atoms with Crippen molar-refractivity contribution in [3.8, 4) is 0 Å². The summed E-state index contributed by atoms with van der Waals surface area (Å²) < 4.78 is 0. The van der Waals surface area contributed by atoms with Gasteiger partial charge in [0.05, 0.1) is 6.10 Å². The molecule has 60 valence electrons. The van der Waals surface area contributed by atoms with Crippen LogP contribution in [0.3, 0.4) is 0 Å². The molecule has 0 radical (unpaired) electrons. The molecule has 3 heteroatoms. The van der Waals surface area contributed by atoms with Gasteiger partial charge in [-0.25, -0.2) is 0 Å². The van der Waals surface area contributed by atoms with E-state index in [1.807, 2.05) is 0 Å². The maximum absolute atomic E-state index is 9.31. The SMILES string of the molecule is Cl.NC1CC2CC(O)C1C2. The lowest BCUT2D eigenvalue weighted by molar-refractivity contribution is 0.103. The molecule has 2 saturated carbocycles. The second-order valence-corrected chi connectivity index (χ2v) is 3.47. The molecule has 3 N–H and O–H groups in total. The molecular weight excluding hydrogens is 150 g/mol. The minimum absolute atomic E-state index is 0. The zero-order valence-electron chi connectivity index (χ0n) is 5.86. The highest BCUT2D eigenvalue weighted by Gasteiger charge is 2.43. The van der Waals surface area contributed by atoms with Gasteiger partial charge in [0.25, 0.3) is 0 Å². The molecular formula is C7H14ClNO. The van der Waals surface area contributed by atoms with Crippen molar-refractivity contribution >= 4 is 12.4 Å². The van der Waals surface area contributed by atoms with Gasteiger partial charge in [-0.05, 0) is 25.2 Å². The third-order valence-corrected chi connectivity index (χ3v) is 2.83. The summed E-state index contributed by atoms with van der Waals surface area (Å²) in [5.74, 6) is 1.19. The predicted molar refractivity (Wildman–Crippen MR) is 42.1 cm³/mol. The molecule has 2 fully saturated rings. The number of aliphatic hydroxyl groups is 1. The summed E-state index contributed by atoms with van der Waals surface area (Å²) in [5, 5.41) is 9.31. The van der Waals surface area contributed by atoms with Crippen LogP contribution in [0.5, 0.6) is 0 Å². The van der Waals surface area contributed by atoms with Crippen LogP contribution in [0.25, 0.3) is 0 Å². The normalized spacial score (nSPS) is 51.0. The van der Waals surface area contributed by atoms with Crippen molar-refractivity contribution in [2.75, 3.05) is 0 Å². The average molecular weight is 164 g/mol. The third-order valence-electron chi connectivity index (χ3n) is 2.83. The molecule has 4 atom stereocenters. The van der Waals surface area contributed by atoms with E-state index in [-0.39, 0.29) is 18.5 Å². The molecule has 0 amide bonds. The smallest absolute Gasteiger partial charge is 0.0585 e. The molecule has 2 nitrogen and oxygen atoms in total. The molecule has 4 unspecified atom stereocenters. The Kier molecular flexibility index (Phi) is 2.23. The highest BCUT2D eigenvalue weighted by Crippen LogP contribution is 2.43. The van der Waals surface area contributed by atoms with Crippen molar-refractivity contribution in [1.29, 1.82) is 0 Å². The van der Waals surface area contributed by atoms with E-state index in [1.54, 1.807) is 0 Å². The van der Waals surface area contributed by atoms with Crippen LogP contribution < -0.4 is 5.73 Å². The first kappa shape index (κ1) is 8.31. The van der Waals surface area contributed by atoms with Crippen molar-refractivity contribution in [2.24, 2.45) is 17.6 Å². The van der Waals surface area contributed by atoms with E-state index in [4.69, 9.17) is 5.73 Å². The Labute approximate surface area is 67.2 Å². The summed E-state index contributed by atoms with van der Waals surface area (Å²) in [5.41, 5.74) is 5.75. The largest absolute Gasteiger partial charge is 0.393 e. The van der Waals surface area contributed by atoms with Crippen molar-refractivity contribution < 1.29 is 5.11 Å². The lowest BCUT2D eigenvalue weighted by Crippen LogP contribution is -2.34. The Morgan fingerprint density at radius 1 is 1.20 bits per heavy atom. The molecule has 2 bridgehead atoms. The number of hydrogen-bond donors (Lipinski definition) is 2. The number of hydrogen-bond acceptors (Lipinski definition) is 2. The van der Waals surface area contributed by atoms with Gasteiger partial charge in [0, 0.05) is 12.0 Å². The quantitative estimate of drug-likeness (QED) is 0.547. The van der Waals surface area contributed by atoms with Gasteiger partial charge < -0.3 is 10.8 Å². The molecule has 0 aromatic rings. The first-order chi connectivity index (χ1) is 4.27. The van der Waals surface area contributed by atoms with Gasteiger partial charge in [-0.2, -0.15) is 0 Å². The Balaban J connectivity index is 0.000000500. The fourth-order valence-electron chi connectivity index (χ4n) is 2.37. The van der Waals surface area contributed by atoms with Crippen LogP contribution in [0.4, 0.5) is 0 Å². The molecule has 10 heavy (non-hydrogen) atoms. The summed E-state index contributed by atoms with van der Waals surface area (Å²) in [6.07, 6.45) is 3.28. The third kappa shape index (κ3) is 1.04. The minimum Gasteiger partial charge on any atom is -0.393 e. The standard InChI is InChI=1S/C7H13NO.ClH/c8-6-2-4-1-5(6)7(9)3-4;/h4-7,9H,1-3,8H2;1H. The van der Waals surface area contributed by atoms with Gasteiger partial charge in [-0.1, -0.05) is 0 Å². The highest BCUT2D eigenvalue weighted by molar-refractivity contribution is 5.85. The Morgan fingerprint density at radius 2 is 1.90 bits per heavy atom. The molecule has 2 rings (SSSR count). The molecule has 0 spiro atoms. The first-order valence-electron chi connectivity index (χ1n) is 3.71. The maximum Gasteiger partial charge on any atom is 0.0585 e. The van der Waals surface area contributed by atoms with Crippen molar-refractivity contribution in [1.82, 2.24) is 0 Å². The Hall–Kier alpha value is 0.210. The summed E-state index contributed by atoms with van der Waals surface area (Å²) in [6.45, 7) is 0. The van der Waals surface area contributed by atoms with E-state index in [2.05, 4.69) is 0 Å². The average Bonchev–Trinajstić information content (AvgIpc) is 2.22. The number of halogens is 1. The molecule has 2 aliphatic rings. The number of fused-ring (bicyclic) bond motifs is 2. The van der Waals surface area contributed by atoms with E-state index < -0.39 is 0 Å². The van der Waals surface area contributed by atoms with Gasteiger partial charge in [0.2, 0.25) is 0 Å². The molecule has 0 saturated heterocycles. The lowest BCUT2D eigenvalue weighted by Gasteiger charge is -2.21. The van der Waals surface area contributed by atoms with Gasteiger partial charge in [-0.3, -0.25) is 0 Å². The zero-order chi connectivity index (χ0) is 6.43. The second kappa shape index (κ2) is 2.68. The van der Waals surface area contributed by atoms with E-state index in [1.165, 1.54) is 6.42 Å². The molecule has 0 aliphatic heterocycles. The highest BCUT2D eigenvalue weighted by atomic mass is 35.5. The van der Waals surface area contributed by atoms with Crippen LogP contribution in [-0.2, 0) is 0 Å². The zero-order valence-corrected chi connectivity index (χ0v) is 6.68. The second-order valence-electron chi connectivity index (χ2n) is 3.47. The van der Waals surface area contributed by atoms with Crippen LogP contribution in [0.2, 0.25) is 0 Å². The number of aliphatic hydroxyl groups excluding tert-OH is 1. The molecule has 0 aromatic carbocycles. The predicted octanol–water partition coefficient (Wildman–Crippen LogP) is 0.526. The lowest BCUT2D eigenvalue weighted by atomic mass is 9.94. The van der Waals surface area contributed by atoms with E-state index in [9.17, 15) is 5.11 Å². The van der Waals surface area contributed by atoms with Crippen LogP contribution >= 0.6 is 12.4 Å². The fraction of sp³-hybridized carbons (Fsp3) is 1.00. The fourth-order valence-corrected chi connectivity index (χ4v) is 2.37. The number of rotatable bonds is 0. The molecule has 0 heterocycles. The van der Waals surface area contributed by atoms with Crippen molar-refractivity contribution in [3.05, 3.63) is 0 Å². The van der Waals surface area contributed by atoms with Crippen molar-refractivity contribution in [3.63, 3.8) is 0 Å². The van der Waals surface area contributed by atoms with Crippen molar-refractivity contribution in [2.45, 2.75) is 31.4 Å². The number of nitrogens with two attached hydrogens (primary N) is 1. The van der Waals surface area contributed by atoms with E-state index in [0.717, 1.165) is 18.8 Å². The summed E-state index contributed by atoms with van der Waals surface area (Å²) in [4.78, 5) is 0. The van der Waals surface area contributed by atoms with Crippen LogP contribution in [0.1, 0.15) is 19.3 Å². The molecule has 2 aliphatic carbocycles. The first-order valence-corrected chi connectivity index (χ1v) is 3.71. The maximum atomic E-state index is 9.31. The summed E-state index contributed by atoms with van der Waals surface area (Å²) >= 11 is 0. The minimum atomic E-state index is -0.0706. The Morgan fingerprint density at radius 3 is 2.20 bits per heavy atom. The van der Waals surface area contributed by atoms with Crippen LogP contribution in [-0.4, -0.2) is 17.3 Å². The van der Waals surface area contributed by atoms with Gasteiger partial charge in [-0.15, -0.1) is 12.4 Å². The summed E-state index contributed by atoms with van der Waals surface area (Å²) in [6, 6.07) is 0.304. The van der Waals surface area contributed by atoms with Crippen LogP contribution in [0.15, 0.2) is 0 Å². The topological polar surface area (TPSA) is 46.2 Å². The van der Waals surface area contributed by atoms with Gasteiger partial charge in [0.1, 0.15) is 0 Å². The molecule has 0 aromatic heterocycles. The van der Waals surface area contributed by atoms with E-state index in [0.29, 0.717) is 12.0 Å². The van der Waals surface area contributed by atoms with Crippen LogP contribution in [0, 0.1) is 11.8 Å². The van der Waals surface area contributed by atoms with Gasteiger partial charge >= 0.3 is 0 Å². The monoisotopic (exact) mass is 163 g/mol.